The molecule has 5 heteroatoms. The van der Waals surface area contributed by atoms with Gasteiger partial charge >= 0.3 is 0 Å². The number of hydrogen-bond donors (Lipinski definition) is 1. The second-order valence-electron chi connectivity index (χ2n) is 6.29. The van der Waals surface area contributed by atoms with Crippen LogP contribution in [0.4, 0.5) is 0 Å². The molecule has 0 bridgehead atoms. The first-order valence-corrected chi connectivity index (χ1v) is 8.21. The van der Waals surface area contributed by atoms with Gasteiger partial charge in [0, 0.05) is 25.1 Å². The summed E-state index contributed by atoms with van der Waals surface area (Å²) < 4.78 is 5.84. The highest BCUT2D eigenvalue weighted by molar-refractivity contribution is 7.13. The van der Waals surface area contributed by atoms with Crippen LogP contribution in [0.2, 0.25) is 0 Å². The summed E-state index contributed by atoms with van der Waals surface area (Å²) in [5, 5.41) is 11.5. The zero-order chi connectivity index (χ0) is 15.0. The Morgan fingerprint density at radius 1 is 1.43 bits per heavy atom. The summed E-state index contributed by atoms with van der Waals surface area (Å²) in [6.45, 7) is 6.02. The zero-order valence-corrected chi connectivity index (χ0v) is 13.7. The van der Waals surface area contributed by atoms with Crippen LogP contribution in [0.15, 0.2) is 15.9 Å². The lowest BCUT2D eigenvalue weighted by atomic mass is 10.1. The van der Waals surface area contributed by atoms with Gasteiger partial charge in [-0.25, -0.2) is 4.98 Å². The van der Waals surface area contributed by atoms with Crippen molar-refractivity contribution in [1.82, 2.24) is 9.88 Å². The van der Waals surface area contributed by atoms with Crippen LogP contribution < -0.4 is 0 Å². The van der Waals surface area contributed by atoms with E-state index in [1.165, 1.54) is 5.56 Å². The maximum Gasteiger partial charge on any atom is 0.237 e. The average Bonchev–Trinajstić information content (AvgIpc) is 2.93. The Balaban J connectivity index is 1.71. The maximum atomic E-state index is 9.43. The van der Waals surface area contributed by atoms with Crippen LogP contribution >= 0.6 is 11.3 Å². The van der Waals surface area contributed by atoms with Crippen molar-refractivity contribution in [3.05, 3.63) is 28.5 Å². The fraction of sp³-hybridized carbons (Fsp3) is 0.562. The van der Waals surface area contributed by atoms with Gasteiger partial charge < -0.3 is 9.52 Å². The van der Waals surface area contributed by atoms with Crippen molar-refractivity contribution in [3.63, 3.8) is 0 Å². The van der Waals surface area contributed by atoms with E-state index >= 15 is 0 Å². The number of nitrogens with zero attached hydrogens (tertiary/aromatic N) is 2. The lowest BCUT2D eigenvalue weighted by Crippen LogP contribution is -2.28. The van der Waals surface area contributed by atoms with Gasteiger partial charge in [0.1, 0.15) is 5.76 Å². The van der Waals surface area contributed by atoms with E-state index in [-0.39, 0.29) is 12.0 Å². The lowest BCUT2D eigenvalue weighted by Gasteiger charge is -2.21. The lowest BCUT2D eigenvalue weighted by molar-refractivity contribution is 0.160. The van der Waals surface area contributed by atoms with E-state index in [1.807, 2.05) is 6.92 Å². The third kappa shape index (κ3) is 3.05. The molecule has 2 aromatic rings. The first kappa shape index (κ1) is 14.8. The number of rotatable bonds is 6. The van der Waals surface area contributed by atoms with Gasteiger partial charge in [0.05, 0.1) is 10.6 Å². The fourth-order valence-electron chi connectivity index (χ4n) is 2.69. The second-order valence-corrected chi connectivity index (χ2v) is 7.20. The Hall–Kier alpha value is -1.17. The van der Waals surface area contributed by atoms with Gasteiger partial charge in [0.25, 0.3) is 0 Å². The van der Waals surface area contributed by atoms with Crippen LogP contribution in [0.25, 0.3) is 10.8 Å². The molecule has 3 rings (SSSR count). The number of oxazole rings is 1. The van der Waals surface area contributed by atoms with Gasteiger partial charge in [-0.3, -0.25) is 4.90 Å². The fourth-order valence-corrected chi connectivity index (χ4v) is 3.54. The van der Waals surface area contributed by atoms with E-state index < -0.39 is 0 Å². The number of aryl methyl sites for hydroxylation is 2. The summed E-state index contributed by atoms with van der Waals surface area (Å²) in [7, 11) is 2.08. The minimum atomic E-state index is 0.138. The van der Waals surface area contributed by atoms with Gasteiger partial charge in [0.15, 0.2) is 0 Å². The summed E-state index contributed by atoms with van der Waals surface area (Å²) in [6, 6.07) is 2.09. The third-order valence-corrected chi connectivity index (χ3v) is 5.27. The molecule has 0 aliphatic heterocycles. The average molecular weight is 306 g/mol. The molecule has 4 nitrogen and oxygen atoms in total. The monoisotopic (exact) mass is 306 g/mol. The molecular weight excluding hydrogens is 284 g/mol. The van der Waals surface area contributed by atoms with Gasteiger partial charge in [-0.05, 0) is 50.7 Å². The highest BCUT2D eigenvalue weighted by Gasteiger charge is 2.42. The molecule has 1 aliphatic carbocycles. The van der Waals surface area contributed by atoms with Crippen molar-refractivity contribution in [1.29, 1.82) is 0 Å². The van der Waals surface area contributed by atoms with Gasteiger partial charge in [-0.15, -0.1) is 11.3 Å². The normalized spacial score (nSPS) is 16.6. The minimum Gasteiger partial charge on any atom is -0.440 e. The summed E-state index contributed by atoms with van der Waals surface area (Å²) in [5.74, 6) is 1.62. The highest BCUT2D eigenvalue weighted by atomic mass is 32.1. The molecule has 2 aromatic heterocycles. The van der Waals surface area contributed by atoms with Crippen LogP contribution in [0.1, 0.15) is 29.9 Å². The molecule has 21 heavy (non-hydrogen) atoms. The molecule has 0 saturated heterocycles. The SMILES string of the molecule is Cc1ccsc1-c1nc(CN(C)CC2(CO)CC2)c(C)o1. The number of aromatic nitrogens is 1. The summed E-state index contributed by atoms with van der Waals surface area (Å²) >= 11 is 1.66. The minimum absolute atomic E-state index is 0.138. The standard InChI is InChI=1S/C16H22N2O2S/c1-11-4-7-21-14(11)15-17-13(12(2)20-15)8-18(3)9-16(10-19)5-6-16/h4,7,19H,5-6,8-10H2,1-3H3. The highest BCUT2D eigenvalue weighted by Crippen LogP contribution is 2.45. The number of aliphatic hydroxyl groups is 1. The first-order chi connectivity index (χ1) is 10.0. The molecule has 1 fully saturated rings. The van der Waals surface area contributed by atoms with E-state index in [9.17, 15) is 5.11 Å². The van der Waals surface area contributed by atoms with Crippen molar-refractivity contribution in [2.75, 3.05) is 20.2 Å². The maximum absolute atomic E-state index is 9.43. The summed E-state index contributed by atoms with van der Waals surface area (Å²) in [4.78, 5) is 8.02. The Morgan fingerprint density at radius 3 is 2.76 bits per heavy atom. The summed E-state index contributed by atoms with van der Waals surface area (Å²) in [5.41, 5.74) is 2.34. The van der Waals surface area contributed by atoms with E-state index in [1.54, 1.807) is 11.3 Å². The van der Waals surface area contributed by atoms with Crippen LogP contribution in [0.3, 0.4) is 0 Å². The molecule has 0 aromatic carbocycles. The quantitative estimate of drug-likeness (QED) is 0.890. The van der Waals surface area contributed by atoms with Crippen molar-refractivity contribution >= 4 is 11.3 Å². The zero-order valence-electron chi connectivity index (χ0n) is 12.8. The van der Waals surface area contributed by atoms with Crippen molar-refractivity contribution in [2.45, 2.75) is 33.2 Å². The topological polar surface area (TPSA) is 49.5 Å². The van der Waals surface area contributed by atoms with Crippen LogP contribution in [-0.4, -0.2) is 35.2 Å². The Bertz CT molecular complexity index is 628. The predicted octanol–water partition coefficient (Wildman–Crippen LogP) is 3.22. The van der Waals surface area contributed by atoms with Crippen molar-refractivity contribution in [2.24, 2.45) is 5.41 Å². The Morgan fingerprint density at radius 2 is 2.19 bits per heavy atom. The molecule has 1 saturated carbocycles. The molecule has 0 radical (unpaired) electrons. The Labute approximate surface area is 129 Å². The molecule has 1 aliphatic rings. The van der Waals surface area contributed by atoms with Crippen molar-refractivity contribution < 1.29 is 9.52 Å². The van der Waals surface area contributed by atoms with Crippen molar-refractivity contribution in [3.8, 4) is 10.8 Å². The van der Waals surface area contributed by atoms with E-state index in [0.29, 0.717) is 0 Å². The van der Waals surface area contributed by atoms with E-state index in [0.717, 1.165) is 48.2 Å². The van der Waals surface area contributed by atoms with Gasteiger partial charge in [0.2, 0.25) is 5.89 Å². The molecule has 0 unspecified atom stereocenters. The number of thiophene rings is 1. The third-order valence-electron chi connectivity index (χ3n) is 4.27. The molecule has 114 valence electrons. The smallest absolute Gasteiger partial charge is 0.237 e. The van der Waals surface area contributed by atoms with Gasteiger partial charge in [-0.2, -0.15) is 0 Å². The molecule has 0 spiro atoms. The Kier molecular flexibility index (Phi) is 3.90. The summed E-state index contributed by atoms with van der Waals surface area (Å²) in [6.07, 6.45) is 2.26. The molecule has 0 amide bonds. The molecule has 1 N–H and O–H groups in total. The predicted molar refractivity (Wildman–Crippen MR) is 84.4 cm³/mol. The van der Waals surface area contributed by atoms with Gasteiger partial charge in [-0.1, -0.05) is 0 Å². The van der Waals surface area contributed by atoms with E-state index in [4.69, 9.17) is 4.42 Å². The van der Waals surface area contributed by atoms with Crippen LogP contribution in [0, 0.1) is 19.3 Å². The van der Waals surface area contributed by atoms with E-state index in [2.05, 4.69) is 35.3 Å². The largest absolute Gasteiger partial charge is 0.440 e. The second kappa shape index (κ2) is 5.55. The number of aliphatic hydroxyl groups excluding tert-OH is 1. The van der Waals surface area contributed by atoms with Crippen LogP contribution in [-0.2, 0) is 6.54 Å². The molecular formula is C16H22N2O2S. The van der Waals surface area contributed by atoms with Crippen LogP contribution in [0.5, 0.6) is 0 Å². The number of hydrogen-bond acceptors (Lipinski definition) is 5. The molecule has 2 heterocycles. The first-order valence-electron chi connectivity index (χ1n) is 7.33. The molecule has 0 atom stereocenters.